The third-order valence-electron chi connectivity index (χ3n) is 6.13. The van der Waals surface area contributed by atoms with Crippen molar-refractivity contribution < 1.29 is 22.6 Å². The third-order valence-corrected chi connectivity index (χ3v) is 6.13. The van der Waals surface area contributed by atoms with Crippen molar-refractivity contribution >= 4 is 22.0 Å². The highest BCUT2D eigenvalue weighted by molar-refractivity contribution is 5.97. The predicted octanol–water partition coefficient (Wildman–Crippen LogP) is 6.95. The molecule has 0 saturated carbocycles. The maximum Gasteiger partial charge on any atom is 0.416 e. The molecule has 1 aliphatic rings. The van der Waals surface area contributed by atoms with Crippen LogP contribution in [0.25, 0.3) is 16.3 Å². The van der Waals surface area contributed by atoms with Gasteiger partial charge < -0.3 is 14.4 Å². The molecule has 0 spiro atoms. The molecule has 0 fully saturated rings. The van der Waals surface area contributed by atoms with Crippen LogP contribution in [0.1, 0.15) is 30.9 Å². The highest BCUT2D eigenvalue weighted by Crippen LogP contribution is 2.40. The number of halogens is 3. The zero-order valence-electron chi connectivity index (χ0n) is 18.4. The summed E-state index contributed by atoms with van der Waals surface area (Å²) in [7, 11) is 3.23. The second-order valence-electron chi connectivity index (χ2n) is 7.93. The monoisotopic (exact) mass is 441 g/mol. The number of alkyl halides is 3. The van der Waals surface area contributed by atoms with Crippen molar-refractivity contribution in [1.29, 1.82) is 0 Å². The Hall–Kier alpha value is -3.15. The Balaban J connectivity index is 1.72. The highest BCUT2D eigenvalue weighted by Gasteiger charge is 2.31. The van der Waals surface area contributed by atoms with E-state index >= 15 is 0 Å². The molecule has 3 nitrogen and oxygen atoms in total. The van der Waals surface area contributed by atoms with Crippen LogP contribution in [-0.2, 0) is 6.18 Å². The Morgan fingerprint density at radius 2 is 1.69 bits per heavy atom. The van der Waals surface area contributed by atoms with Crippen molar-refractivity contribution in [3.8, 4) is 11.5 Å². The molecule has 0 radical (unpaired) electrons. The fourth-order valence-electron chi connectivity index (χ4n) is 4.43. The average molecular weight is 441 g/mol. The molecule has 3 aromatic rings. The topological polar surface area (TPSA) is 21.7 Å². The molecule has 0 bridgehead atoms. The van der Waals surface area contributed by atoms with Crippen LogP contribution in [0, 0.1) is 0 Å². The van der Waals surface area contributed by atoms with E-state index in [1.165, 1.54) is 12.1 Å². The Bertz CT molecular complexity index is 1150. The first kappa shape index (κ1) is 22.1. The number of rotatable bonds is 5. The largest absolute Gasteiger partial charge is 0.493 e. The molecule has 1 unspecified atom stereocenters. The van der Waals surface area contributed by atoms with Gasteiger partial charge in [-0.2, -0.15) is 13.2 Å². The van der Waals surface area contributed by atoms with E-state index in [1.54, 1.807) is 20.3 Å². The van der Waals surface area contributed by atoms with Gasteiger partial charge in [-0.15, -0.1) is 0 Å². The molecule has 6 heteroatoms. The number of anilines is 1. The first-order valence-corrected chi connectivity index (χ1v) is 10.6. The zero-order chi connectivity index (χ0) is 22.9. The van der Waals surface area contributed by atoms with Gasteiger partial charge in [-0.05, 0) is 59.7 Å². The minimum atomic E-state index is -4.34. The van der Waals surface area contributed by atoms with Crippen LogP contribution in [0.3, 0.4) is 0 Å². The van der Waals surface area contributed by atoms with Gasteiger partial charge in [0.05, 0.1) is 19.8 Å². The summed E-state index contributed by atoms with van der Waals surface area (Å²) in [4.78, 5) is 2.32. The first-order chi connectivity index (χ1) is 15.4. The van der Waals surface area contributed by atoms with Gasteiger partial charge in [0.25, 0.3) is 0 Å². The lowest BCUT2D eigenvalue weighted by Crippen LogP contribution is -2.38. The second kappa shape index (κ2) is 8.77. The predicted molar refractivity (Wildman–Crippen MR) is 123 cm³/mol. The van der Waals surface area contributed by atoms with E-state index in [4.69, 9.17) is 9.47 Å². The molecule has 4 rings (SSSR count). The van der Waals surface area contributed by atoms with Gasteiger partial charge in [0.2, 0.25) is 0 Å². The second-order valence-corrected chi connectivity index (χ2v) is 7.93. The maximum atomic E-state index is 13.2. The Labute approximate surface area is 186 Å². The van der Waals surface area contributed by atoms with Gasteiger partial charge in [-0.3, -0.25) is 0 Å². The van der Waals surface area contributed by atoms with E-state index in [9.17, 15) is 13.2 Å². The first-order valence-electron chi connectivity index (χ1n) is 10.6. The van der Waals surface area contributed by atoms with E-state index in [0.29, 0.717) is 30.0 Å². The van der Waals surface area contributed by atoms with Gasteiger partial charge in [0.1, 0.15) is 0 Å². The Morgan fingerprint density at radius 1 is 0.969 bits per heavy atom. The smallest absolute Gasteiger partial charge is 0.416 e. The molecule has 3 aromatic carbocycles. The van der Waals surface area contributed by atoms with Crippen LogP contribution in [0.15, 0.2) is 60.7 Å². The summed E-state index contributed by atoms with van der Waals surface area (Å²) in [6.07, 6.45) is -0.743. The number of methoxy groups -OCH3 is 2. The van der Waals surface area contributed by atoms with Crippen LogP contribution >= 0.6 is 0 Å². The Kier molecular flexibility index (Phi) is 6.04. The summed E-state index contributed by atoms with van der Waals surface area (Å²) < 4.78 is 50.5. The molecule has 1 atom stereocenters. The number of ether oxygens (including phenoxy) is 2. The van der Waals surface area contributed by atoms with Crippen molar-refractivity contribution in [2.75, 3.05) is 25.7 Å². The number of benzene rings is 3. The molecule has 32 heavy (non-hydrogen) atoms. The quantitative estimate of drug-likeness (QED) is 0.428. The van der Waals surface area contributed by atoms with E-state index in [1.807, 2.05) is 30.3 Å². The van der Waals surface area contributed by atoms with Crippen molar-refractivity contribution in [1.82, 2.24) is 0 Å². The van der Waals surface area contributed by atoms with Crippen molar-refractivity contribution in [3.63, 3.8) is 0 Å². The van der Waals surface area contributed by atoms with Gasteiger partial charge in [-0.25, -0.2) is 0 Å². The molecule has 1 aliphatic heterocycles. The summed E-state index contributed by atoms with van der Waals surface area (Å²) >= 11 is 0. The summed E-state index contributed by atoms with van der Waals surface area (Å²) in [6.45, 7) is 2.74. The highest BCUT2D eigenvalue weighted by atomic mass is 19.4. The molecule has 0 N–H and O–H groups in total. The zero-order valence-corrected chi connectivity index (χ0v) is 18.4. The summed E-state index contributed by atoms with van der Waals surface area (Å²) in [5.41, 5.74) is 2.07. The minimum absolute atomic E-state index is 0.170. The number of hydrogen-bond donors (Lipinski definition) is 0. The summed E-state index contributed by atoms with van der Waals surface area (Å²) in [6, 6.07) is 15.9. The van der Waals surface area contributed by atoms with Gasteiger partial charge in [-0.1, -0.05) is 37.3 Å². The molecule has 0 saturated heterocycles. The molecule has 1 heterocycles. The summed E-state index contributed by atoms with van der Waals surface area (Å²) in [5.74, 6) is 1.34. The molecular formula is C26H26F3NO2. The van der Waals surface area contributed by atoms with E-state index in [0.717, 1.165) is 34.5 Å². The van der Waals surface area contributed by atoms with E-state index < -0.39 is 11.7 Å². The Morgan fingerprint density at radius 3 is 2.38 bits per heavy atom. The molecule has 0 aromatic heterocycles. The third kappa shape index (κ3) is 4.14. The normalized spacial score (nSPS) is 16.8. The standard InChI is InChI=1S/C26H26F3NO2/c1-4-21-14-18(17-7-5-9-20(13-17)26(27,28)29)11-12-30(21)23-10-6-8-19-15-24(31-2)25(32-3)16-22(19)23/h5-11,13,15-16,21H,4,12,14H2,1-3H3. The molecule has 168 valence electrons. The van der Waals surface area contributed by atoms with Crippen LogP contribution in [0.5, 0.6) is 11.5 Å². The van der Waals surface area contributed by atoms with Crippen LogP contribution in [-0.4, -0.2) is 26.8 Å². The number of fused-ring (bicyclic) bond motifs is 1. The van der Waals surface area contributed by atoms with Crippen LogP contribution in [0.2, 0.25) is 0 Å². The van der Waals surface area contributed by atoms with Crippen LogP contribution in [0.4, 0.5) is 18.9 Å². The SMILES string of the molecule is CCC1CC(c2cccc(C(F)(F)F)c2)=CCN1c1cccc2cc(OC)c(OC)cc12. The van der Waals surface area contributed by atoms with Gasteiger partial charge in [0.15, 0.2) is 11.5 Å². The van der Waals surface area contributed by atoms with Crippen molar-refractivity contribution in [3.05, 3.63) is 71.8 Å². The van der Waals surface area contributed by atoms with E-state index in [2.05, 4.69) is 17.9 Å². The molecule has 0 aliphatic carbocycles. The summed E-state index contributed by atoms with van der Waals surface area (Å²) in [5, 5.41) is 2.10. The molecule has 0 amide bonds. The fourth-order valence-corrected chi connectivity index (χ4v) is 4.43. The lowest BCUT2D eigenvalue weighted by Gasteiger charge is -2.37. The van der Waals surface area contributed by atoms with E-state index in [-0.39, 0.29) is 6.04 Å². The minimum Gasteiger partial charge on any atom is -0.493 e. The maximum absolute atomic E-state index is 13.2. The lowest BCUT2D eigenvalue weighted by atomic mass is 9.91. The van der Waals surface area contributed by atoms with Crippen LogP contribution < -0.4 is 14.4 Å². The van der Waals surface area contributed by atoms with Crippen molar-refractivity contribution in [2.45, 2.75) is 32.0 Å². The average Bonchev–Trinajstić information content (AvgIpc) is 2.81. The molecular weight excluding hydrogens is 415 g/mol. The van der Waals surface area contributed by atoms with Gasteiger partial charge >= 0.3 is 6.18 Å². The van der Waals surface area contributed by atoms with Crippen molar-refractivity contribution in [2.24, 2.45) is 0 Å². The number of nitrogens with zero attached hydrogens (tertiary/aromatic N) is 1. The fraction of sp³-hybridized carbons (Fsp3) is 0.308. The van der Waals surface area contributed by atoms with Gasteiger partial charge in [0, 0.05) is 23.7 Å². The number of hydrogen-bond acceptors (Lipinski definition) is 3. The lowest BCUT2D eigenvalue weighted by molar-refractivity contribution is -0.137.